The van der Waals surface area contributed by atoms with E-state index in [0.29, 0.717) is 33.7 Å². The van der Waals surface area contributed by atoms with Crippen LogP contribution in [0.2, 0.25) is 10.0 Å². The lowest BCUT2D eigenvalue weighted by Crippen LogP contribution is -1.96. The van der Waals surface area contributed by atoms with Gasteiger partial charge in [-0.05, 0) is 30.7 Å². The number of anilines is 1. The molecule has 0 aliphatic rings. The number of nitrogens with zero attached hydrogens (tertiary/aromatic N) is 2. The summed E-state index contributed by atoms with van der Waals surface area (Å²) >= 11 is 12.2. The molecule has 2 aromatic rings. The summed E-state index contributed by atoms with van der Waals surface area (Å²) in [5.41, 5.74) is 3.86. The Morgan fingerprint density at radius 3 is 2.61 bits per heavy atom. The number of benzene rings is 2. The van der Waals surface area contributed by atoms with Crippen LogP contribution >= 0.6 is 23.2 Å². The van der Waals surface area contributed by atoms with Crippen LogP contribution in [-0.2, 0) is 0 Å². The van der Waals surface area contributed by atoms with Gasteiger partial charge in [0.1, 0.15) is 0 Å². The first kappa shape index (κ1) is 17.1. The van der Waals surface area contributed by atoms with Gasteiger partial charge in [0.2, 0.25) is 0 Å². The first-order valence-corrected chi connectivity index (χ1v) is 7.42. The van der Waals surface area contributed by atoms with Gasteiger partial charge in [0, 0.05) is 12.1 Å². The van der Waals surface area contributed by atoms with Gasteiger partial charge in [0.25, 0.3) is 5.69 Å². The van der Waals surface area contributed by atoms with E-state index in [2.05, 4.69) is 10.5 Å². The monoisotopic (exact) mass is 353 g/mol. The van der Waals surface area contributed by atoms with E-state index in [1.54, 1.807) is 24.3 Å². The van der Waals surface area contributed by atoms with Crippen LogP contribution in [0.5, 0.6) is 5.75 Å². The van der Waals surface area contributed by atoms with Crippen molar-refractivity contribution >= 4 is 40.8 Å². The molecule has 8 heteroatoms. The maximum Gasteiger partial charge on any atom is 0.271 e. The molecule has 0 aromatic heterocycles. The summed E-state index contributed by atoms with van der Waals surface area (Å²) in [5, 5.41) is 15.5. The smallest absolute Gasteiger partial charge is 0.271 e. The van der Waals surface area contributed by atoms with Crippen LogP contribution in [-0.4, -0.2) is 17.7 Å². The van der Waals surface area contributed by atoms with Gasteiger partial charge in [0.15, 0.2) is 5.75 Å². The highest BCUT2D eigenvalue weighted by Gasteiger charge is 2.08. The normalized spacial score (nSPS) is 10.7. The third-order valence-electron chi connectivity index (χ3n) is 2.77. The molecule has 0 amide bonds. The number of non-ortho nitro benzene ring substituents is 1. The second-order valence-electron chi connectivity index (χ2n) is 4.42. The number of hydrazone groups is 1. The predicted octanol–water partition coefficient (Wildman–Crippen LogP) is 4.75. The Morgan fingerprint density at radius 1 is 1.30 bits per heavy atom. The number of nitrogens with one attached hydrogen (secondary N) is 1. The molecule has 0 radical (unpaired) electrons. The summed E-state index contributed by atoms with van der Waals surface area (Å²) in [6.45, 7) is 2.30. The third-order valence-corrected chi connectivity index (χ3v) is 3.34. The van der Waals surface area contributed by atoms with Crippen LogP contribution in [0.3, 0.4) is 0 Å². The zero-order chi connectivity index (χ0) is 16.8. The quantitative estimate of drug-likeness (QED) is 0.462. The fourth-order valence-corrected chi connectivity index (χ4v) is 2.42. The van der Waals surface area contributed by atoms with E-state index in [1.165, 1.54) is 18.3 Å². The van der Waals surface area contributed by atoms with Gasteiger partial charge in [-0.2, -0.15) is 5.10 Å². The van der Waals surface area contributed by atoms with Crippen LogP contribution in [0.1, 0.15) is 12.5 Å². The van der Waals surface area contributed by atoms with E-state index in [-0.39, 0.29) is 5.69 Å². The number of nitro groups is 1. The molecule has 120 valence electrons. The highest BCUT2D eigenvalue weighted by Crippen LogP contribution is 2.33. The molecule has 0 spiro atoms. The van der Waals surface area contributed by atoms with Crippen molar-refractivity contribution in [2.45, 2.75) is 6.92 Å². The van der Waals surface area contributed by atoms with E-state index in [0.717, 1.165) is 0 Å². The van der Waals surface area contributed by atoms with Gasteiger partial charge in [0.05, 0.1) is 33.5 Å². The number of hydrogen-bond donors (Lipinski definition) is 1. The Hall–Kier alpha value is -2.31. The van der Waals surface area contributed by atoms with Crippen molar-refractivity contribution in [2.24, 2.45) is 5.10 Å². The molecular weight excluding hydrogens is 341 g/mol. The van der Waals surface area contributed by atoms with Crippen molar-refractivity contribution in [3.63, 3.8) is 0 Å². The van der Waals surface area contributed by atoms with Crippen molar-refractivity contribution in [3.05, 3.63) is 62.1 Å². The minimum atomic E-state index is -0.471. The van der Waals surface area contributed by atoms with Gasteiger partial charge in [-0.1, -0.05) is 29.3 Å². The molecule has 0 fully saturated rings. The Labute approximate surface area is 142 Å². The Morgan fingerprint density at radius 2 is 2.00 bits per heavy atom. The highest BCUT2D eigenvalue weighted by molar-refractivity contribution is 6.37. The van der Waals surface area contributed by atoms with Gasteiger partial charge >= 0.3 is 0 Å². The van der Waals surface area contributed by atoms with Crippen LogP contribution in [0.4, 0.5) is 11.4 Å². The van der Waals surface area contributed by atoms with Crippen molar-refractivity contribution in [2.75, 3.05) is 12.0 Å². The fourth-order valence-electron chi connectivity index (χ4n) is 1.81. The molecule has 0 unspecified atom stereocenters. The Bertz CT molecular complexity index is 727. The van der Waals surface area contributed by atoms with Gasteiger partial charge in [-0.3, -0.25) is 15.5 Å². The maximum absolute atomic E-state index is 10.7. The lowest BCUT2D eigenvalue weighted by molar-refractivity contribution is -0.384. The van der Waals surface area contributed by atoms with Crippen LogP contribution in [0.15, 0.2) is 41.5 Å². The average molecular weight is 354 g/mol. The number of hydrogen-bond acceptors (Lipinski definition) is 5. The topological polar surface area (TPSA) is 76.8 Å². The lowest BCUT2D eigenvalue weighted by Gasteiger charge is -2.08. The highest BCUT2D eigenvalue weighted by atomic mass is 35.5. The number of ether oxygens (including phenoxy) is 1. The molecular formula is C15H13Cl2N3O3. The zero-order valence-corrected chi connectivity index (χ0v) is 13.6. The number of nitro benzene ring substituents is 1. The molecule has 0 saturated carbocycles. The van der Waals surface area contributed by atoms with Crippen molar-refractivity contribution in [1.29, 1.82) is 0 Å². The van der Waals surface area contributed by atoms with Gasteiger partial charge in [-0.25, -0.2) is 0 Å². The maximum atomic E-state index is 10.7. The largest absolute Gasteiger partial charge is 0.491 e. The molecule has 0 saturated heterocycles. The molecule has 0 atom stereocenters. The Kier molecular flexibility index (Phi) is 5.78. The SMILES string of the molecule is CCOc1c(Cl)cc(C=NNc2cccc([N+](=O)[O-])c2)cc1Cl. The van der Waals surface area contributed by atoms with Crippen LogP contribution in [0.25, 0.3) is 0 Å². The summed E-state index contributed by atoms with van der Waals surface area (Å²) in [5.74, 6) is 0.430. The van der Waals surface area contributed by atoms with Crippen molar-refractivity contribution in [1.82, 2.24) is 0 Å². The molecule has 23 heavy (non-hydrogen) atoms. The Balaban J connectivity index is 2.12. The van der Waals surface area contributed by atoms with E-state index in [9.17, 15) is 10.1 Å². The van der Waals surface area contributed by atoms with Gasteiger partial charge in [-0.15, -0.1) is 0 Å². The molecule has 2 rings (SSSR count). The second-order valence-corrected chi connectivity index (χ2v) is 5.24. The number of rotatable bonds is 6. The average Bonchev–Trinajstić information content (AvgIpc) is 2.51. The molecule has 1 N–H and O–H groups in total. The molecule has 2 aromatic carbocycles. The lowest BCUT2D eigenvalue weighted by atomic mass is 10.2. The molecule has 0 aliphatic carbocycles. The third kappa shape index (κ3) is 4.58. The van der Waals surface area contributed by atoms with Crippen LogP contribution in [0, 0.1) is 10.1 Å². The molecule has 0 aliphatic heterocycles. The second kappa shape index (κ2) is 7.80. The summed E-state index contributed by atoms with van der Waals surface area (Å²) in [7, 11) is 0. The predicted molar refractivity (Wildman–Crippen MR) is 91.9 cm³/mol. The van der Waals surface area contributed by atoms with E-state index >= 15 is 0 Å². The van der Waals surface area contributed by atoms with Crippen molar-refractivity contribution < 1.29 is 9.66 Å². The van der Waals surface area contributed by atoms with E-state index in [1.807, 2.05) is 6.92 Å². The number of halogens is 2. The summed E-state index contributed by atoms with van der Waals surface area (Å²) in [4.78, 5) is 10.2. The van der Waals surface area contributed by atoms with Crippen LogP contribution < -0.4 is 10.2 Å². The van der Waals surface area contributed by atoms with E-state index in [4.69, 9.17) is 27.9 Å². The first-order valence-electron chi connectivity index (χ1n) is 6.66. The summed E-state index contributed by atoms with van der Waals surface area (Å²) in [6, 6.07) is 9.35. The molecule has 0 bridgehead atoms. The molecule has 0 heterocycles. The van der Waals surface area contributed by atoms with E-state index < -0.39 is 4.92 Å². The first-order chi connectivity index (χ1) is 11.0. The zero-order valence-electron chi connectivity index (χ0n) is 12.1. The summed E-state index contributed by atoms with van der Waals surface area (Å²) < 4.78 is 5.34. The molecule has 6 nitrogen and oxygen atoms in total. The fraction of sp³-hybridized carbons (Fsp3) is 0.133. The minimum Gasteiger partial charge on any atom is -0.491 e. The van der Waals surface area contributed by atoms with Crippen molar-refractivity contribution in [3.8, 4) is 5.75 Å². The van der Waals surface area contributed by atoms with Gasteiger partial charge < -0.3 is 4.74 Å². The summed E-state index contributed by atoms with van der Waals surface area (Å²) in [6.07, 6.45) is 1.51. The standard InChI is InChI=1S/C15H13Cl2N3O3/c1-2-23-15-13(16)6-10(7-14(15)17)9-18-19-11-4-3-5-12(8-11)20(21)22/h3-9,19H,2H2,1H3. The minimum absolute atomic E-state index is 0.0163.